The molecule has 1 fully saturated rings. The number of hydrogen-bond donors (Lipinski definition) is 2. The number of nitrogen functional groups attached to an aromatic ring is 1. The first-order valence-corrected chi connectivity index (χ1v) is 4.42. The monoisotopic (exact) mass is 165 g/mol. The van der Waals surface area contributed by atoms with E-state index in [1.807, 2.05) is 6.07 Å². The molecule has 0 unspecified atom stereocenters. The molecule has 0 atom stereocenters. The fourth-order valence-electron chi connectivity index (χ4n) is 1.69. The summed E-state index contributed by atoms with van der Waals surface area (Å²) >= 11 is 0. The summed E-state index contributed by atoms with van der Waals surface area (Å²) in [5.74, 6) is 1.41. The average molecular weight is 165 g/mol. The summed E-state index contributed by atoms with van der Waals surface area (Å²) in [7, 11) is 0. The number of nitrogens with two attached hydrogens (primary N) is 1. The van der Waals surface area contributed by atoms with Crippen molar-refractivity contribution < 1.29 is 0 Å². The highest BCUT2D eigenvalue weighted by Gasteiger charge is 2.39. The second-order valence-corrected chi connectivity index (χ2v) is 4.20. The Morgan fingerprint density at radius 1 is 1.58 bits per heavy atom. The summed E-state index contributed by atoms with van der Waals surface area (Å²) < 4.78 is 0. The van der Waals surface area contributed by atoms with E-state index in [4.69, 9.17) is 5.73 Å². The van der Waals surface area contributed by atoms with Gasteiger partial charge in [0.2, 0.25) is 0 Å². The number of aromatic amines is 1. The molecule has 3 heteroatoms. The van der Waals surface area contributed by atoms with Gasteiger partial charge in [-0.05, 0) is 18.8 Å². The third-order valence-electron chi connectivity index (χ3n) is 2.89. The molecule has 0 aromatic carbocycles. The molecular formula is C9H15N3. The number of hydrogen-bond acceptors (Lipinski definition) is 2. The number of nitrogens with one attached hydrogen (secondary N) is 1. The largest absolute Gasteiger partial charge is 0.382 e. The molecule has 0 aliphatic heterocycles. The Morgan fingerprint density at radius 2 is 2.25 bits per heavy atom. The molecule has 1 heterocycles. The molecule has 1 aromatic heterocycles. The second-order valence-electron chi connectivity index (χ2n) is 4.20. The van der Waals surface area contributed by atoms with E-state index < -0.39 is 0 Å². The van der Waals surface area contributed by atoms with Crippen molar-refractivity contribution in [2.75, 3.05) is 5.73 Å². The molecule has 12 heavy (non-hydrogen) atoms. The predicted octanol–water partition coefficient (Wildman–Crippen LogP) is 1.68. The van der Waals surface area contributed by atoms with Crippen molar-refractivity contribution in [1.82, 2.24) is 10.2 Å². The lowest BCUT2D eigenvalue weighted by Gasteiger charge is -2.21. The van der Waals surface area contributed by atoms with Gasteiger partial charge in [0, 0.05) is 17.2 Å². The molecule has 3 nitrogen and oxygen atoms in total. The third-order valence-corrected chi connectivity index (χ3v) is 2.89. The zero-order chi connectivity index (χ0) is 8.77. The van der Waals surface area contributed by atoms with Crippen LogP contribution in [0.15, 0.2) is 6.07 Å². The van der Waals surface area contributed by atoms with Crippen molar-refractivity contribution in [1.29, 1.82) is 0 Å². The second kappa shape index (κ2) is 2.25. The van der Waals surface area contributed by atoms with Gasteiger partial charge in [-0.2, -0.15) is 5.10 Å². The van der Waals surface area contributed by atoms with E-state index >= 15 is 0 Å². The van der Waals surface area contributed by atoms with Gasteiger partial charge in [-0.3, -0.25) is 5.10 Å². The topological polar surface area (TPSA) is 54.7 Å². The predicted molar refractivity (Wildman–Crippen MR) is 48.8 cm³/mol. The molecule has 1 aromatic rings. The molecule has 3 N–H and O–H groups in total. The fraction of sp³-hybridized carbons (Fsp3) is 0.667. The minimum atomic E-state index is 0.227. The first-order chi connectivity index (χ1) is 5.60. The minimum absolute atomic E-state index is 0.227. The molecule has 1 aliphatic rings. The molecule has 2 rings (SSSR count). The van der Waals surface area contributed by atoms with Gasteiger partial charge in [0.05, 0.1) is 0 Å². The number of nitrogens with zero attached hydrogens (tertiary/aromatic N) is 1. The number of anilines is 1. The highest BCUT2D eigenvalue weighted by atomic mass is 15.2. The standard InChI is InChI=1S/C9H15N3/c1-9(2,6-3-4-6)7-5-8(10)12-11-7/h5-6H,3-4H2,1-2H3,(H3,10,11,12). The lowest BCUT2D eigenvalue weighted by molar-refractivity contribution is 0.440. The summed E-state index contributed by atoms with van der Waals surface area (Å²) in [6.07, 6.45) is 2.68. The maximum absolute atomic E-state index is 5.55. The van der Waals surface area contributed by atoms with Crippen molar-refractivity contribution in [3.05, 3.63) is 11.8 Å². The molecule has 1 aliphatic carbocycles. The van der Waals surface area contributed by atoms with Crippen LogP contribution in [0.1, 0.15) is 32.4 Å². The van der Waals surface area contributed by atoms with Crippen LogP contribution in [0.5, 0.6) is 0 Å². The Kier molecular flexibility index (Phi) is 1.43. The summed E-state index contributed by atoms with van der Waals surface area (Å²) in [5.41, 5.74) is 6.95. The minimum Gasteiger partial charge on any atom is -0.382 e. The Bertz CT molecular complexity index is 284. The Labute approximate surface area is 72.4 Å². The number of rotatable bonds is 2. The molecular weight excluding hydrogens is 150 g/mol. The van der Waals surface area contributed by atoms with E-state index in [-0.39, 0.29) is 5.41 Å². The molecule has 1 saturated carbocycles. The van der Waals surface area contributed by atoms with Gasteiger partial charge in [0.25, 0.3) is 0 Å². The van der Waals surface area contributed by atoms with E-state index in [0.29, 0.717) is 5.82 Å². The van der Waals surface area contributed by atoms with Crippen molar-refractivity contribution in [2.45, 2.75) is 32.1 Å². The molecule has 66 valence electrons. The van der Waals surface area contributed by atoms with Crippen LogP contribution in [0.2, 0.25) is 0 Å². The van der Waals surface area contributed by atoms with Gasteiger partial charge in [-0.15, -0.1) is 0 Å². The molecule has 0 spiro atoms. The molecule has 0 amide bonds. The summed E-state index contributed by atoms with van der Waals surface area (Å²) in [5, 5.41) is 6.94. The van der Waals surface area contributed by atoms with E-state index in [2.05, 4.69) is 24.0 Å². The zero-order valence-electron chi connectivity index (χ0n) is 7.59. The Hall–Kier alpha value is -0.990. The maximum Gasteiger partial charge on any atom is 0.145 e. The van der Waals surface area contributed by atoms with Crippen molar-refractivity contribution in [2.24, 2.45) is 5.92 Å². The van der Waals surface area contributed by atoms with Crippen LogP contribution in [-0.4, -0.2) is 10.2 Å². The van der Waals surface area contributed by atoms with Crippen molar-refractivity contribution in [3.63, 3.8) is 0 Å². The summed E-state index contributed by atoms with van der Waals surface area (Å²) in [6.45, 7) is 4.50. The number of aromatic nitrogens is 2. The summed E-state index contributed by atoms with van der Waals surface area (Å²) in [6, 6.07) is 1.94. The zero-order valence-corrected chi connectivity index (χ0v) is 7.59. The quantitative estimate of drug-likeness (QED) is 0.700. The van der Waals surface area contributed by atoms with E-state index in [0.717, 1.165) is 5.92 Å². The summed E-state index contributed by atoms with van der Waals surface area (Å²) in [4.78, 5) is 0. The van der Waals surface area contributed by atoms with E-state index in [9.17, 15) is 0 Å². The number of H-pyrrole nitrogens is 1. The van der Waals surface area contributed by atoms with E-state index in [1.54, 1.807) is 0 Å². The van der Waals surface area contributed by atoms with Gasteiger partial charge in [-0.25, -0.2) is 0 Å². The lowest BCUT2D eigenvalue weighted by Crippen LogP contribution is -2.20. The van der Waals surface area contributed by atoms with Gasteiger partial charge in [0.15, 0.2) is 0 Å². The van der Waals surface area contributed by atoms with Crippen LogP contribution < -0.4 is 5.73 Å². The van der Waals surface area contributed by atoms with Gasteiger partial charge in [0.1, 0.15) is 5.82 Å². The van der Waals surface area contributed by atoms with Gasteiger partial charge >= 0.3 is 0 Å². The normalized spacial score (nSPS) is 18.2. The first-order valence-electron chi connectivity index (χ1n) is 4.42. The van der Waals surface area contributed by atoms with Gasteiger partial charge < -0.3 is 5.73 Å². The van der Waals surface area contributed by atoms with Crippen molar-refractivity contribution in [3.8, 4) is 0 Å². The van der Waals surface area contributed by atoms with E-state index in [1.165, 1.54) is 18.5 Å². The molecule has 0 bridgehead atoms. The highest BCUT2D eigenvalue weighted by Crippen LogP contribution is 2.46. The first kappa shape index (κ1) is 7.65. The van der Waals surface area contributed by atoms with Crippen LogP contribution >= 0.6 is 0 Å². The van der Waals surface area contributed by atoms with Crippen LogP contribution in [0, 0.1) is 5.92 Å². The lowest BCUT2D eigenvalue weighted by atomic mass is 9.84. The smallest absolute Gasteiger partial charge is 0.145 e. The third kappa shape index (κ3) is 1.09. The van der Waals surface area contributed by atoms with Crippen LogP contribution in [0.3, 0.4) is 0 Å². The van der Waals surface area contributed by atoms with Crippen molar-refractivity contribution >= 4 is 5.82 Å². The molecule has 0 saturated heterocycles. The maximum atomic E-state index is 5.55. The highest BCUT2D eigenvalue weighted by molar-refractivity contribution is 5.32. The molecule has 0 radical (unpaired) electrons. The Morgan fingerprint density at radius 3 is 2.67 bits per heavy atom. The van der Waals surface area contributed by atoms with Crippen LogP contribution in [0.25, 0.3) is 0 Å². The fourth-order valence-corrected chi connectivity index (χ4v) is 1.69. The Balaban J connectivity index is 2.27. The van der Waals surface area contributed by atoms with Crippen LogP contribution in [0.4, 0.5) is 5.82 Å². The van der Waals surface area contributed by atoms with Gasteiger partial charge in [-0.1, -0.05) is 13.8 Å². The SMILES string of the molecule is CC(C)(c1cc(N)n[nH]1)C1CC1. The van der Waals surface area contributed by atoms with Crippen LogP contribution in [-0.2, 0) is 5.41 Å². The average Bonchev–Trinajstić information content (AvgIpc) is 2.75.